The Labute approximate surface area is 108 Å². The van der Waals surface area contributed by atoms with Crippen LogP contribution in [0.25, 0.3) is 0 Å². The molecule has 1 aromatic rings. The van der Waals surface area contributed by atoms with E-state index >= 15 is 0 Å². The third-order valence-electron chi connectivity index (χ3n) is 3.38. The second kappa shape index (κ2) is 5.38. The van der Waals surface area contributed by atoms with Crippen LogP contribution >= 0.6 is 0 Å². The first kappa shape index (κ1) is 13.5. The van der Waals surface area contributed by atoms with Crippen molar-refractivity contribution in [3.63, 3.8) is 0 Å². The van der Waals surface area contributed by atoms with Gasteiger partial charge in [0.05, 0.1) is 6.33 Å². The molecule has 0 aliphatic heterocycles. The SMILES string of the molecule is CCn1cnc(S(=O)(=O)N[C@@H]2CCCC[C@H]2N)c1. The van der Waals surface area contributed by atoms with Crippen molar-refractivity contribution in [2.45, 2.75) is 56.3 Å². The van der Waals surface area contributed by atoms with Crippen LogP contribution in [0.4, 0.5) is 0 Å². The Morgan fingerprint density at radius 1 is 1.50 bits per heavy atom. The monoisotopic (exact) mass is 272 g/mol. The molecule has 0 spiro atoms. The molecule has 0 aromatic carbocycles. The Bertz CT molecular complexity index is 497. The van der Waals surface area contributed by atoms with E-state index in [1.165, 1.54) is 12.5 Å². The van der Waals surface area contributed by atoms with Gasteiger partial charge in [0.1, 0.15) is 0 Å². The maximum absolute atomic E-state index is 12.1. The van der Waals surface area contributed by atoms with Gasteiger partial charge < -0.3 is 10.3 Å². The van der Waals surface area contributed by atoms with E-state index in [1.54, 1.807) is 4.57 Å². The highest BCUT2D eigenvalue weighted by molar-refractivity contribution is 7.89. The summed E-state index contributed by atoms with van der Waals surface area (Å²) in [5, 5.41) is 0.0714. The molecule has 18 heavy (non-hydrogen) atoms. The second-order valence-electron chi connectivity index (χ2n) is 4.72. The van der Waals surface area contributed by atoms with E-state index in [0.717, 1.165) is 25.7 Å². The topological polar surface area (TPSA) is 90.0 Å². The first-order valence-corrected chi connectivity index (χ1v) is 7.81. The van der Waals surface area contributed by atoms with Crippen molar-refractivity contribution in [1.82, 2.24) is 14.3 Å². The first-order valence-electron chi connectivity index (χ1n) is 6.32. The van der Waals surface area contributed by atoms with Gasteiger partial charge >= 0.3 is 0 Å². The molecule has 0 bridgehead atoms. The van der Waals surface area contributed by atoms with Crippen molar-refractivity contribution in [3.05, 3.63) is 12.5 Å². The smallest absolute Gasteiger partial charge is 0.259 e. The number of nitrogens with two attached hydrogens (primary N) is 1. The molecule has 3 N–H and O–H groups in total. The lowest BCUT2D eigenvalue weighted by molar-refractivity contribution is 0.361. The van der Waals surface area contributed by atoms with Crippen LogP contribution in [0.15, 0.2) is 17.6 Å². The molecule has 0 radical (unpaired) electrons. The summed E-state index contributed by atoms with van der Waals surface area (Å²) in [6.45, 7) is 2.63. The molecule has 6 nitrogen and oxygen atoms in total. The van der Waals surface area contributed by atoms with Crippen LogP contribution in [-0.4, -0.2) is 30.1 Å². The number of aryl methyl sites for hydroxylation is 1. The Kier molecular flexibility index (Phi) is 4.04. The van der Waals surface area contributed by atoms with Crippen LogP contribution < -0.4 is 10.5 Å². The molecule has 1 aromatic heterocycles. The molecule has 1 heterocycles. The highest BCUT2D eigenvalue weighted by Gasteiger charge is 2.28. The van der Waals surface area contributed by atoms with E-state index in [0.29, 0.717) is 6.54 Å². The number of nitrogens with zero attached hydrogens (tertiary/aromatic N) is 2. The molecule has 0 unspecified atom stereocenters. The minimum atomic E-state index is -3.54. The number of hydrogen-bond acceptors (Lipinski definition) is 4. The fourth-order valence-corrected chi connectivity index (χ4v) is 3.49. The molecular formula is C11H20N4O2S. The third-order valence-corrected chi connectivity index (χ3v) is 4.75. The van der Waals surface area contributed by atoms with E-state index in [2.05, 4.69) is 9.71 Å². The van der Waals surface area contributed by atoms with Crippen LogP contribution in [0.1, 0.15) is 32.6 Å². The Morgan fingerprint density at radius 2 is 2.22 bits per heavy atom. The zero-order valence-electron chi connectivity index (χ0n) is 10.5. The minimum absolute atomic E-state index is 0.0714. The highest BCUT2D eigenvalue weighted by atomic mass is 32.2. The van der Waals surface area contributed by atoms with Gasteiger partial charge in [-0.15, -0.1) is 0 Å². The van der Waals surface area contributed by atoms with Gasteiger partial charge in [-0.1, -0.05) is 12.8 Å². The quantitative estimate of drug-likeness (QED) is 0.832. The van der Waals surface area contributed by atoms with Crippen molar-refractivity contribution in [3.8, 4) is 0 Å². The van der Waals surface area contributed by atoms with E-state index < -0.39 is 10.0 Å². The number of imidazole rings is 1. The summed E-state index contributed by atoms with van der Waals surface area (Å²) in [7, 11) is -3.54. The summed E-state index contributed by atoms with van der Waals surface area (Å²) in [5.41, 5.74) is 5.94. The van der Waals surface area contributed by atoms with Crippen molar-refractivity contribution in [2.24, 2.45) is 5.73 Å². The van der Waals surface area contributed by atoms with Crippen LogP contribution in [-0.2, 0) is 16.6 Å². The summed E-state index contributed by atoms with van der Waals surface area (Å²) in [6.07, 6.45) is 6.83. The normalized spacial score (nSPS) is 25.2. The lowest BCUT2D eigenvalue weighted by atomic mass is 9.92. The lowest BCUT2D eigenvalue weighted by Crippen LogP contribution is -2.49. The Hall–Kier alpha value is -0.920. The zero-order chi connectivity index (χ0) is 13.2. The summed E-state index contributed by atoms with van der Waals surface area (Å²) >= 11 is 0. The predicted molar refractivity (Wildman–Crippen MR) is 68.5 cm³/mol. The number of aromatic nitrogens is 2. The zero-order valence-corrected chi connectivity index (χ0v) is 11.4. The van der Waals surface area contributed by atoms with Gasteiger partial charge in [-0.3, -0.25) is 0 Å². The Morgan fingerprint density at radius 3 is 2.83 bits per heavy atom. The first-order chi connectivity index (χ1) is 8.53. The molecule has 1 saturated carbocycles. The highest BCUT2D eigenvalue weighted by Crippen LogP contribution is 2.18. The van der Waals surface area contributed by atoms with Gasteiger partial charge in [0.15, 0.2) is 5.03 Å². The largest absolute Gasteiger partial charge is 0.336 e. The van der Waals surface area contributed by atoms with Gasteiger partial charge in [-0.2, -0.15) is 0 Å². The minimum Gasteiger partial charge on any atom is -0.336 e. The standard InChI is InChI=1S/C11H20N4O2S/c1-2-15-7-11(13-8-15)18(16,17)14-10-6-4-3-5-9(10)12/h7-10,14H,2-6,12H2,1H3/t9-,10-/m1/s1. The molecule has 0 saturated heterocycles. The van der Waals surface area contributed by atoms with Gasteiger partial charge in [-0.05, 0) is 19.8 Å². The fourth-order valence-electron chi connectivity index (χ4n) is 2.22. The molecule has 2 rings (SSSR count). The average Bonchev–Trinajstić information content (AvgIpc) is 2.81. The summed E-state index contributed by atoms with van der Waals surface area (Å²) in [5.74, 6) is 0. The third kappa shape index (κ3) is 2.90. The molecule has 1 aliphatic carbocycles. The molecule has 2 atom stereocenters. The molecule has 7 heteroatoms. The number of nitrogens with one attached hydrogen (secondary N) is 1. The van der Waals surface area contributed by atoms with E-state index in [4.69, 9.17) is 5.73 Å². The molecule has 0 amide bonds. The van der Waals surface area contributed by atoms with E-state index in [9.17, 15) is 8.42 Å². The summed E-state index contributed by atoms with van der Waals surface area (Å²) < 4.78 is 28.7. The predicted octanol–water partition coefficient (Wildman–Crippen LogP) is 0.451. The summed E-state index contributed by atoms with van der Waals surface area (Å²) in [4.78, 5) is 3.92. The van der Waals surface area contributed by atoms with Gasteiger partial charge in [0.25, 0.3) is 10.0 Å². The number of hydrogen-bond donors (Lipinski definition) is 2. The number of sulfonamides is 1. The number of rotatable bonds is 4. The second-order valence-corrected chi connectivity index (χ2v) is 6.38. The van der Waals surface area contributed by atoms with Crippen molar-refractivity contribution < 1.29 is 8.42 Å². The molecule has 1 fully saturated rings. The van der Waals surface area contributed by atoms with Gasteiger partial charge in [-0.25, -0.2) is 18.1 Å². The van der Waals surface area contributed by atoms with Crippen molar-refractivity contribution in [1.29, 1.82) is 0 Å². The summed E-state index contributed by atoms with van der Waals surface area (Å²) in [6, 6.07) is -0.266. The van der Waals surface area contributed by atoms with E-state index in [-0.39, 0.29) is 17.1 Å². The van der Waals surface area contributed by atoms with Crippen LogP contribution in [0, 0.1) is 0 Å². The Balaban J connectivity index is 2.11. The molecular weight excluding hydrogens is 252 g/mol. The van der Waals surface area contributed by atoms with Crippen LogP contribution in [0.3, 0.4) is 0 Å². The molecule has 102 valence electrons. The van der Waals surface area contributed by atoms with Crippen LogP contribution in [0.2, 0.25) is 0 Å². The van der Waals surface area contributed by atoms with E-state index in [1.807, 2.05) is 6.92 Å². The van der Waals surface area contributed by atoms with Crippen LogP contribution in [0.5, 0.6) is 0 Å². The average molecular weight is 272 g/mol. The van der Waals surface area contributed by atoms with Gasteiger partial charge in [0.2, 0.25) is 0 Å². The van der Waals surface area contributed by atoms with Crippen molar-refractivity contribution >= 4 is 10.0 Å². The maximum Gasteiger partial charge on any atom is 0.259 e. The maximum atomic E-state index is 12.1. The fraction of sp³-hybridized carbons (Fsp3) is 0.727. The van der Waals surface area contributed by atoms with Gasteiger partial charge in [0, 0.05) is 24.8 Å². The molecule has 1 aliphatic rings. The van der Waals surface area contributed by atoms with Crippen molar-refractivity contribution in [2.75, 3.05) is 0 Å². The lowest BCUT2D eigenvalue weighted by Gasteiger charge is -2.28.